The SMILES string of the molecule is Cl.O=C(c1cc(C2CC2)on1)N1CCNCC1c1cccc(F)c1. The Hall–Kier alpha value is -1.92. The number of rotatable bonds is 3. The largest absolute Gasteiger partial charge is 0.360 e. The maximum Gasteiger partial charge on any atom is 0.276 e. The first-order valence-corrected chi connectivity index (χ1v) is 7.96. The van der Waals surface area contributed by atoms with E-state index in [-0.39, 0.29) is 30.2 Å². The predicted octanol–water partition coefficient (Wildman–Crippen LogP) is 2.90. The van der Waals surface area contributed by atoms with Crippen LogP contribution in [-0.4, -0.2) is 35.6 Å². The van der Waals surface area contributed by atoms with E-state index in [2.05, 4.69) is 10.5 Å². The van der Waals surface area contributed by atoms with Gasteiger partial charge in [-0.1, -0.05) is 17.3 Å². The maximum absolute atomic E-state index is 13.5. The first-order valence-electron chi connectivity index (χ1n) is 7.96. The third-order valence-corrected chi connectivity index (χ3v) is 4.46. The number of carbonyl (C=O) groups excluding carboxylic acids is 1. The lowest BCUT2D eigenvalue weighted by molar-refractivity contribution is 0.0623. The number of hydrogen-bond acceptors (Lipinski definition) is 4. The predicted molar refractivity (Wildman–Crippen MR) is 88.8 cm³/mol. The van der Waals surface area contributed by atoms with Crippen molar-refractivity contribution in [1.82, 2.24) is 15.4 Å². The van der Waals surface area contributed by atoms with Gasteiger partial charge in [-0.15, -0.1) is 12.4 Å². The molecule has 1 saturated heterocycles. The maximum atomic E-state index is 13.5. The highest BCUT2D eigenvalue weighted by Gasteiger charge is 2.33. The van der Waals surface area contributed by atoms with Gasteiger partial charge in [0.05, 0.1) is 6.04 Å². The van der Waals surface area contributed by atoms with E-state index in [0.717, 1.165) is 24.2 Å². The molecule has 1 saturated carbocycles. The van der Waals surface area contributed by atoms with Crippen LogP contribution in [0.4, 0.5) is 4.39 Å². The Morgan fingerprint density at radius 2 is 2.17 bits per heavy atom. The molecule has 0 spiro atoms. The molecule has 24 heavy (non-hydrogen) atoms. The Morgan fingerprint density at radius 1 is 1.33 bits per heavy atom. The van der Waals surface area contributed by atoms with Crippen LogP contribution in [0.2, 0.25) is 0 Å². The fourth-order valence-electron chi connectivity index (χ4n) is 3.06. The fourth-order valence-corrected chi connectivity index (χ4v) is 3.06. The molecule has 7 heteroatoms. The van der Waals surface area contributed by atoms with Crippen LogP contribution < -0.4 is 5.32 Å². The standard InChI is InChI=1S/C17H18FN3O2.ClH/c18-13-3-1-2-12(8-13)15-10-19-6-7-21(15)17(22)14-9-16(23-20-14)11-4-5-11;/h1-3,8-9,11,15,19H,4-7,10H2;1H. The summed E-state index contributed by atoms with van der Waals surface area (Å²) in [5.74, 6) is 0.770. The van der Waals surface area contributed by atoms with Crippen LogP contribution in [0.5, 0.6) is 0 Å². The molecule has 1 aromatic heterocycles. The van der Waals surface area contributed by atoms with Crippen LogP contribution in [0.3, 0.4) is 0 Å². The van der Waals surface area contributed by atoms with E-state index < -0.39 is 0 Å². The second-order valence-electron chi connectivity index (χ2n) is 6.16. The summed E-state index contributed by atoms with van der Waals surface area (Å²) < 4.78 is 18.8. The molecule has 1 amide bonds. The van der Waals surface area contributed by atoms with Crippen molar-refractivity contribution in [2.24, 2.45) is 0 Å². The summed E-state index contributed by atoms with van der Waals surface area (Å²) in [5, 5.41) is 7.20. The quantitative estimate of drug-likeness (QED) is 0.923. The van der Waals surface area contributed by atoms with E-state index in [1.807, 2.05) is 6.07 Å². The van der Waals surface area contributed by atoms with Crippen LogP contribution in [-0.2, 0) is 0 Å². The van der Waals surface area contributed by atoms with Gasteiger partial charge in [0.2, 0.25) is 0 Å². The van der Waals surface area contributed by atoms with Crippen LogP contribution in [0.25, 0.3) is 0 Å². The monoisotopic (exact) mass is 351 g/mol. The van der Waals surface area contributed by atoms with Crippen molar-refractivity contribution < 1.29 is 13.7 Å². The van der Waals surface area contributed by atoms with Gasteiger partial charge >= 0.3 is 0 Å². The van der Waals surface area contributed by atoms with Gasteiger partial charge in [0, 0.05) is 31.6 Å². The normalized spacial score (nSPS) is 20.5. The van der Waals surface area contributed by atoms with E-state index >= 15 is 0 Å². The number of nitrogens with one attached hydrogen (secondary N) is 1. The van der Waals surface area contributed by atoms with Crippen molar-refractivity contribution in [3.05, 3.63) is 53.2 Å². The van der Waals surface area contributed by atoms with Crippen LogP contribution in [0.15, 0.2) is 34.9 Å². The number of benzene rings is 1. The highest BCUT2D eigenvalue weighted by molar-refractivity contribution is 5.92. The molecule has 1 aliphatic heterocycles. The Bertz CT molecular complexity index is 732. The van der Waals surface area contributed by atoms with E-state index in [1.54, 1.807) is 17.0 Å². The van der Waals surface area contributed by atoms with Crippen molar-refractivity contribution in [2.45, 2.75) is 24.8 Å². The smallest absolute Gasteiger partial charge is 0.276 e. The molecule has 1 atom stereocenters. The third-order valence-electron chi connectivity index (χ3n) is 4.46. The minimum atomic E-state index is -0.294. The molecule has 1 aromatic carbocycles. The highest BCUT2D eigenvalue weighted by atomic mass is 35.5. The summed E-state index contributed by atoms with van der Waals surface area (Å²) in [6, 6.07) is 7.96. The van der Waals surface area contributed by atoms with Crippen molar-refractivity contribution >= 4 is 18.3 Å². The van der Waals surface area contributed by atoms with E-state index in [4.69, 9.17) is 4.52 Å². The zero-order valence-electron chi connectivity index (χ0n) is 13.1. The number of carbonyl (C=O) groups is 1. The summed E-state index contributed by atoms with van der Waals surface area (Å²) >= 11 is 0. The molecular weight excluding hydrogens is 333 g/mol. The van der Waals surface area contributed by atoms with Gasteiger partial charge in [-0.3, -0.25) is 4.79 Å². The number of hydrogen-bond donors (Lipinski definition) is 1. The summed E-state index contributed by atoms with van der Waals surface area (Å²) in [4.78, 5) is 14.6. The molecule has 0 radical (unpaired) electrons. The van der Waals surface area contributed by atoms with Crippen LogP contribution in [0, 0.1) is 5.82 Å². The second kappa shape index (κ2) is 6.91. The van der Waals surface area contributed by atoms with Gasteiger partial charge in [-0.25, -0.2) is 4.39 Å². The first-order chi connectivity index (χ1) is 11.2. The molecule has 1 unspecified atom stereocenters. The summed E-state index contributed by atoms with van der Waals surface area (Å²) in [6.07, 6.45) is 2.20. The van der Waals surface area contributed by atoms with Gasteiger partial charge in [0.1, 0.15) is 11.6 Å². The lowest BCUT2D eigenvalue weighted by atomic mass is 10.0. The number of piperazine rings is 1. The molecule has 1 aliphatic carbocycles. The zero-order chi connectivity index (χ0) is 15.8. The zero-order valence-corrected chi connectivity index (χ0v) is 13.9. The molecule has 0 bridgehead atoms. The van der Waals surface area contributed by atoms with Crippen molar-refractivity contribution in [1.29, 1.82) is 0 Å². The fraction of sp³-hybridized carbons (Fsp3) is 0.412. The van der Waals surface area contributed by atoms with Crippen LogP contribution >= 0.6 is 12.4 Å². The van der Waals surface area contributed by atoms with Crippen molar-refractivity contribution in [3.8, 4) is 0 Å². The van der Waals surface area contributed by atoms with Crippen LogP contribution in [0.1, 0.15) is 46.6 Å². The summed E-state index contributed by atoms with van der Waals surface area (Å²) in [5.41, 5.74) is 1.13. The second-order valence-corrected chi connectivity index (χ2v) is 6.16. The molecular formula is C17H19ClFN3O2. The van der Waals surface area contributed by atoms with Gasteiger partial charge < -0.3 is 14.7 Å². The lowest BCUT2D eigenvalue weighted by Gasteiger charge is -2.36. The Labute approximate surface area is 145 Å². The lowest BCUT2D eigenvalue weighted by Crippen LogP contribution is -2.48. The van der Waals surface area contributed by atoms with E-state index in [1.165, 1.54) is 12.1 Å². The average molecular weight is 352 g/mol. The van der Waals surface area contributed by atoms with E-state index in [0.29, 0.717) is 31.2 Å². The molecule has 2 aromatic rings. The Balaban J connectivity index is 0.00000169. The Kier molecular flexibility index (Phi) is 4.87. The first kappa shape index (κ1) is 16.9. The molecule has 4 rings (SSSR count). The highest BCUT2D eigenvalue weighted by Crippen LogP contribution is 2.40. The molecule has 128 valence electrons. The van der Waals surface area contributed by atoms with Crippen molar-refractivity contribution in [3.63, 3.8) is 0 Å². The third kappa shape index (κ3) is 3.30. The van der Waals surface area contributed by atoms with E-state index in [9.17, 15) is 9.18 Å². The summed E-state index contributed by atoms with van der Waals surface area (Å²) in [7, 11) is 0. The van der Waals surface area contributed by atoms with Gasteiger partial charge in [0.15, 0.2) is 5.69 Å². The number of aromatic nitrogens is 1. The minimum Gasteiger partial charge on any atom is -0.360 e. The number of nitrogens with zero attached hydrogens (tertiary/aromatic N) is 2. The molecule has 2 aliphatic rings. The van der Waals surface area contributed by atoms with Gasteiger partial charge in [-0.2, -0.15) is 0 Å². The minimum absolute atomic E-state index is 0. The Morgan fingerprint density at radius 3 is 2.92 bits per heavy atom. The van der Waals surface area contributed by atoms with Gasteiger partial charge in [-0.05, 0) is 30.5 Å². The molecule has 2 fully saturated rings. The average Bonchev–Trinajstić information content (AvgIpc) is 3.31. The van der Waals surface area contributed by atoms with Gasteiger partial charge in [0.25, 0.3) is 5.91 Å². The number of halogens is 2. The molecule has 1 N–H and O–H groups in total. The molecule has 2 heterocycles. The van der Waals surface area contributed by atoms with Crippen molar-refractivity contribution in [2.75, 3.05) is 19.6 Å². The number of amides is 1. The molecule has 5 nitrogen and oxygen atoms in total. The topological polar surface area (TPSA) is 58.4 Å². The summed E-state index contributed by atoms with van der Waals surface area (Å²) in [6.45, 7) is 1.87.